The zero-order valence-electron chi connectivity index (χ0n) is 36.4. The third-order valence-corrected chi connectivity index (χ3v) is 9.35. The zero-order chi connectivity index (χ0) is 48.0. The second-order valence-electron chi connectivity index (χ2n) is 14.8. The summed E-state index contributed by atoms with van der Waals surface area (Å²) in [6.07, 6.45) is 2.61. The number of nitrogens with zero attached hydrogens (tertiary/aromatic N) is 4. The number of nitrogens with two attached hydrogens (primary N) is 11. The smallest absolute Gasteiger partial charge is 0.243 e. The SMILES string of the molecule is N=C(N)c1ccc(CNC(=O)[C@H](CCCN=C(N)N)NC(=O)[C@H](CCCCN)NC(=O)[C@H](CCCN=C(N)N)NC(=O)[C@H](CCCN=C(N)N)NC(=O)[C@@H](N)CCCN=C(N)N)cc1. The Hall–Kier alpha value is -6.96. The molecule has 0 aromatic heterocycles. The van der Waals surface area contributed by atoms with Crippen molar-refractivity contribution in [2.75, 3.05) is 32.7 Å². The van der Waals surface area contributed by atoms with Crippen LogP contribution in [0.3, 0.4) is 0 Å². The van der Waals surface area contributed by atoms with Crippen LogP contribution in [0.5, 0.6) is 0 Å². The molecular formula is C38H71N21O5. The van der Waals surface area contributed by atoms with Crippen LogP contribution in [0.15, 0.2) is 44.2 Å². The molecule has 358 valence electrons. The summed E-state index contributed by atoms with van der Waals surface area (Å²) in [7, 11) is 0. The summed E-state index contributed by atoms with van der Waals surface area (Å²) in [4.78, 5) is 84.5. The van der Waals surface area contributed by atoms with Crippen molar-refractivity contribution < 1.29 is 24.0 Å². The molecule has 1 rings (SSSR count). The van der Waals surface area contributed by atoms with Gasteiger partial charge in [-0.25, -0.2) is 0 Å². The molecule has 64 heavy (non-hydrogen) atoms. The summed E-state index contributed by atoms with van der Waals surface area (Å²) >= 11 is 0. The molecule has 26 nitrogen and oxygen atoms in total. The molecule has 0 aliphatic carbocycles. The molecule has 0 heterocycles. The lowest BCUT2D eigenvalue weighted by molar-refractivity contribution is -0.135. The maximum absolute atomic E-state index is 14.1. The zero-order valence-corrected chi connectivity index (χ0v) is 36.4. The van der Waals surface area contributed by atoms with E-state index in [1.165, 1.54) is 0 Å². The summed E-state index contributed by atoms with van der Waals surface area (Å²) in [6.45, 7) is 1.05. The molecule has 0 saturated heterocycles. The van der Waals surface area contributed by atoms with Gasteiger partial charge < -0.3 is 89.7 Å². The number of carbonyl (C=O) groups is 5. The first kappa shape index (κ1) is 55.1. The van der Waals surface area contributed by atoms with Crippen LogP contribution in [-0.2, 0) is 30.5 Å². The molecule has 0 aliphatic heterocycles. The van der Waals surface area contributed by atoms with Gasteiger partial charge in [-0.1, -0.05) is 24.3 Å². The summed E-state index contributed by atoms with van der Waals surface area (Å²) in [5, 5.41) is 21.3. The van der Waals surface area contributed by atoms with Gasteiger partial charge in [0.2, 0.25) is 29.5 Å². The van der Waals surface area contributed by atoms with Gasteiger partial charge >= 0.3 is 0 Å². The van der Waals surface area contributed by atoms with Gasteiger partial charge in [-0.2, -0.15) is 0 Å². The molecule has 5 atom stereocenters. The van der Waals surface area contributed by atoms with Crippen LogP contribution in [0.1, 0.15) is 81.8 Å². The molecule has 26 heteroatoms. The number of hydrogen-bond donors (Lipinski definition) is 17. The van der Waals surface area contributed by atoms with Crippen LogP contribution in [0.25, 0.3) is 0 Å². The Bertz CT molecular complexity index is 1750. The minimum Gasteiger partial charge on any atom is -0.384 e. The molecule has 5 amide bonds. The van der Waals surface area contributed by atoms with Gasteiger partial charge in [-0.3, -0.25) is 49.4 Å². The summed E-state index contributed by atoms with van der Waals surface area (Å²) in [5.41, 5.74) is 62.2. The predicted octanol–water partition coefficient (Wildman–Crippen LogP) is -5.80. The van der Waals surface area contributed by atoms with E-state index in [4.69, 9.17) is 68.5 Å². The average Bonchev–Trinajstić information content (AvgIpc) is 3.23. The second-order valence-corrected chi connectivity index (χ2v) is 14.8. The fourth-order valence-electron chi connectivity index (χ4n) is 5.94. The highest BCUT2D eigenvalue weighted by Crippen LogP contribution is 2.10. The van der Waals surface area contributed by atoms with Crippen molar-refractivity contribution in [2.24, 2.45) is 83.0 Å². The van der Waals surface area contributed by atoms with Gasteiger partial charge in [0.15, 0.2) is 23.8 Å². The lowest BCUT2D eigenvalue weighted by Gasteiger charge is -2.27. The van der Waals surface area contributed by atoms with Crippen molar-refractivity contribution in [2.45, 2.75) is 107 Å². The fourth-order valence-corrected chi connectivity index (χ4v) is 5.94. The average molecular weight is 902 g/mol. The first-order chi connectivity index (χ1) is 30.3. The molecular weight excluding hydrogens is 831 g/mol. The van der Waals surface area contributed by atoms with Gasteiger partial charge in [0.25, 0.3) is 0 Å². The van der Waals surface area contributed by atoms with E-state index >= 15 is 0 Å². The Morgan fingerprint density at radius 3 is 1.19 bits per heavy atom. The van der Waals surface area contributed by atoms with Crippen molar-refractivity contribution in [3.8, 4) is 0 Å². The lowest BCUT2D eigenvalue weighted by atomic mass is 10.0. The number of benzene rings is 1. The molecule has 1 aromatic carbocycles. The molecule has 0 radical (unpaired) electrons. The second kappa shape index (κ2) is 31.0. The molecule has 0 spiro atoms. The third kappa shape index (κ3) is 24.5. The van der Waals surface area contributed by atoms with Crippen LogP contribution in [-0.4, -0.2) is 122 Å². The van der Waals surface area contributed by atoms with Gasteiger partial charge in [-0.15, -0.1) is 0 Å². The quantitative estimate of drug-likeness (QED) is 0.0182. The molecule has 0 aliphatic rings. The lowest BCUT2D eigenvalue weighted by Crippen LogP contribution is -2.58. The van der Waals surface area contributed by atoms with Crippen molar-refractivity contribution in [3.63, 3.8) is 0 Å². The maximum Gasteiger partial charge on any atom is 0.243 e. The minimum atomic E-state index is -1.26. The Balaban J connectivity index is 3.39. The van der Waals surface area contributed by atoms with E-state index in [0.29, 0.717) is 43.4 Å². The van der Waals surface area contributed by atoms with E-state index in [0.717, 1.165) is 0 Å². The Morgan fingerprint density at radius 1 is 0.484 bits per heavy atom. The molecule has 28 N–H and O–H groups in total. The summed E-state index contributed by atoms with van der Waals surface area (Å²) < 4.78 is 0. The first-order valence-corrected chi connectivity index (χ1v) is 20.9. The topological polar surface area (TPSA) is 505 Å². The number of unbranched alkanes of at least 4 members (excludes halogenated alkanes) is 1. The monoisotopic (exact) mass is 902 g/mol. The highest BCUT2D eigenvalue weighted by molar-refractivity contribution is 5.96. The predicted molar refractivity (Wildman–Crippen MR) is 248 cm³/mol. The van der Waals surface area contributed by atoms with Crippen molar-refractivity contribution >= 4 is 59.2 Å². The highest BCUT2D eigenvalue weighted by Gasteiger charge is 2.31. The number of hydrogen-bond acceptors (Lipinski definition) is 12. The number of aliphatic imine (C=N–C) groups is 4. The normalized spacial score (nSPS) is 13.0. The Labute approximate surface area is 373 Å². The van der Waals surface area contributed by atoms with E-state index < -0.39 is 59.7 Å². The number of nitrogen functional groups attached to an aromatic ring is 1. The first-order valence-electron chi connectivity index (χ1n) is 20.9. The molecule has 0 saturated carbocycles. The number of amides is 5. The van der Waals surface area contributed by atoms with Crippen LogP contribution in [0.2, 0.25) is 0 Å². The number of nitrogens with one attached hydrogen (secondary N) is 6. The van der Waals surface area contributed by atoms with E-state index in [1.54, 1.807) is 24.3 Å². The van der Waals surface area contributed by atoms with E-state index in [2.05, 4.69) is 46.6 Å². The van der Waals surface area contributed by atoms with Gasteiger partial charge in [-0.05, 0) is 82.7 Å². The number of carbonyl (C=O) groups excluding carboxylic acids is 5. The molecule has 0 bridgehead atoms. The third-order valence-electron chi connectivity index (χ3n) is 9.35. The Morgan fingerprint density at radius 2 is 0.828 bits per heavy atom. The van der Waals surface area contributed by atoms with Crippen LogP contribution < -0.4 is 89.7 Å². The van der Waals surface area contributed by atoms with Crippen molar-refractivity contribution in [3.05, 3.63) is 35.4 Å². The van der Waals surface area contributed by atoms with E-state index in [9.17, 15) is 24.0 Å². The summed E-state index contributed by atoms with van der Waals surface area (Å²) in [5.74, 6) is -4.00. The van der Waals surface area contributed by atoms with Gasteiger partial charge in [0, 0.05) is 38.3 Å². The van der Waals surface area contributed by atoms with Crippen LogP contribution in [0, 0.1) is 5.41 Å². The molecule has 1 aromatic rings. The van der Waals surface area contributed by atoms with E-state index in [1.807, 2.05) is 0 Å². The standard InChI is InChI=1S/C38H71N21O5/c39-16-2-1-8-26(32(62)57-25(9-4-18-52-36(45)46)31(61)55-21-22-12-14-23(15-13-22)29(41)42)58-34(64)28(11-6-20-54-38(49)50)59-33(63)27(10-5-19-53-37(47)48)56-30(60)24(40)7-3-17-51-35(43)44/h12-15,24-28H,1-11,16-21,39-40H2,(H3,41,42)(H,55,61)(H,56,60)(H,57,62)(H,58,64)(H,59,63)(H4,43,44,51)(H4,45,46,52)(H4,47,48,53)(H4,49,50,54)/t24-,25-,26-,27-,28-/m0/s1. The maximum atomic E-state index is 14.1. The van der Waals surface area contributed by atoms with Crippen molar-refractivity contribution in [1.29, 1.82) is 5.41 Å². The fraction of sp³-hybridized carbons (Fsp3) is 0.579. The molecule has 0 fully saturated rings. The minimum absolute atomic E-state index is 0.00762. The van der Waals surface area contributed by atoms with E-state index in [-0.39, 0.29) is 107 Å². The van der Waals surface area contributed by atoms with Crippen LogP contribution >= 0.6 is 0 Å². The number of guanidine groups is 4. The summed E-state index contributed by atoms with van der Waals surface area (Å²) in [6, 6.07) is 0.962. The molecule has 0 unspecified atom stereocenters. The number of rotatable bonds is 32. The largest absolute Gasteiger partial charge is 0.384 e. The highest BCUT2D eigenvalue weighted by atomic mass is 16.2. The number of amidine groups is 1. The van der Waals surface area contributed by atoms with Crippen molar-refractivity contribution in [1.82, 2.24) is 26.6 Å². The van der Waals surface area contributed by atoms with Crippen LogP contribution in [0.4, 0.5) is 0 Å². The van der Waals surface area contributed by atoms with Gasteiger partial charge in [0.1, 0.15) is 30.0 Å². The Kier molecular flexibility index (Phi) is 26.6. The van der Waals surface area contributed by atoms with Gasteiger partial charge in [0.05, 0.1) is 6.04 Å².